The van der Waals surface area contributed by atoms with Gasteiger partial charge in [-0.15, -0.1) is 0 Å². The third-order valence-electron chi connectivity index (χ3n) is 2.28. The molecule has 0 saturated heterocycles. The maximum Gasteiger partial charge on any atom is 0.164 e. The van der Waals surface area contributed by atoms with E-state index in [1.54, 1.807) is 12.1 Å². The van der Waals surface area contributed by atoms with Crippen molar-refractivity contribution < 1.29 is 4.79 Å². The molecule has 0 aliphatic heterocycles. The normalized spacial score (nSPS) is 10.3. The molecule has 2 nitrogen and oxygen atoms in total. The van der Waals surface area contributed by atoms with E-state index in [0.29, 0.717) is 23.6 Å². The number of nitrogens with two attached hydrogens (primary N) is 1. The van der Waals surface area contributed by atoms with E-state index in [1.807, 2.05) is 12.1 Å². The Morgan fingerprint density at radius 1 is 1.20 bits per heavy atom. The average molecular weight is 226 g/mol. The summed E-state index contributed by atoms with van der Waals surface area (Å²) in [5.74, 6) is 0.123. The smallest absolute Gasteiger partial charge is 0.164 e. The molecule has 82 valence electrons. The third-order valence-corrected chi connectivity index (χ3v) is 2.61. The summed E-state index contributed by atoms with van der Waals surface area (Å²) in [6.07, 6.45) is 3.44. The zero-order chi connectivity index (χ0) is 11.1. The van der Waals surface area contributed by atoms with Crippen LogP contribution in [0.2, 0.25) is 5.02 Å². The van der Waals surface area contributed by atoms with Crippen molar-refractivity contribution in [1.82, 2.24) is 0 Å². The molecule has 0 unspecified atom stereocenters. The van der Waals surface area contributed by atoms with Crippen molar-refractivity contribution in [3.63, 3.8) is 0 Å². The maximum absolute atomic E-state index is 11.7. The number of rotatable bonds is 6. The minimum atomic E-state index is 0.123. The molecule has 3 heteroatoms. The van der Waals surface area contributed by atoms with Crippen LogP contribution in [0.25, 0.3) is 0 Å². The largest absolute Gasteiger partial charge is 0.330 e. The summed E-state index contributed by atoms with van der Waals surface area (Å²) in [6, 6.07) is 7.18. The van der Waals surface area contributed by atoms with E-state index >= 15 is 0 Å². The van der Waals surface area contributed by atoms with Gasteiger partial charge in [-0.1, -0.05) is 30.2 Å². The molecule has 0 bridgehead atoms. The molecule has 0 spiro atoms. The lowest BCUT2D eigenvalue weighted by Gasteiger charge is -2.02. The third kappa shape index (κ3) is 4.02. The predicted molar refractivity (Wildman–Crippen MR) is 63.3 cm³/mol. The van der Waals surface area contributed by atoms with Gasteiger partial charge in [-0.2, -0.15) is 0 Å². The lowest BCUT2D eigenvalue weighted by atomic mass is 10.0. The Bertz CT molecular complexity index is 325. The fraction of sp³-hybridized carbons (Fsp3) is 0.417. The summed E-state index contributed by atoms with van der Waals surface area (Å²) in [6.45, 7) is 0.695. The molecule has 1 aromatic rings. The van der Waals surface area contributed by atoms with E-state index in [9.17, 15) is 4.79 Å². The van der Waals surface area contributed by atoms with Crippen LogP contribution in [-0.4, -0.2) is 12.3 Å². The molecule has 15 heavy (non-hydrogen) atoms. The van der Waals surface area contributed by atoms with E-state index in [2.05, 4.69) is 0 Å². The van der Waals surface area contributed by atoms with Crippen molar-refractivity contribution in [1.29, 1.82) is 0 Å². The molecule has 2 N–H and O–H groups in total. The highest BCUT2D eigenvalue weighted by molar-refractivity contribution is 6.33. The van der Waals surface area contributed by atoms with Crippen LogP contribution in [0.15, 0.2) is 24.3 Å². The van der Waals surface area contributed by atoms with Gasteiger partial charge >= 0.3 is 0 Å². The van der Waals surface area contributed by atoms with Crippen molar-refractivity contribution in [2.45, 2.75) is 25.7 Å². The Hall–Kier alpha value is -0.860. The van der Waals surface area contributed by atoms with Crippen LogP contribution >= 0.6 is 11.6 Å². The number of unbranched alkanes of at least 4 members (excludes halogenated alkanes) is 2. The van der Waals surface area contributed by atoms with Gasteiger partial charge in [0, 0.05) is 12.0 Å². The van der Waals surface area contributed by atoms with Crippen LogP contribution < -0.4 is 5.73 Å². The van der Waals surface area contributed by atoms with Gasteiger partial charge < -0.3 is 5.73 Å². The second kappa shape index (κ2) is 6.59. The minimum Gasteiger partial charge on any atom is -0.330 e. The van der Waals surface area contributed by atoms with E-state index in [1.165, 1.54) is 0 Å². The number of carbonyl (C=O) groups is 1. The number of hydrogen-bond acceptors (Lipinski definition) is 2. The number of hydrogen-bond donors (Lipinski definition) is 1. The summed E-state index contributed by atoms with van der Waals surface area (Å²) in [4.78, 5) is 11.7. The molecule has 0 aliphatic carbocycles. The van der Waals surface area contributed by atoms with Gasteiger partial charge in [0.05, 0.1) is 5.02 Å². The lowest BCUT2D eigenvalue weighted by molar-refractivity contribution is 0.0979. The minimum absolute atomic E-state index is 0.123. The number of Topliss-reactive ketones (excluding diaryl/α,β-unsaturated/α-hetero) is 1. The highest BCUT2D eigenvalue weighted by atomic mass is 35.5. The van der Waals surface area contributed by atoms with Crippen LogP contribution in [0.5, 0.6) is 0 Å². The fourth-order valence-corrected chi connectivity index (χ4v) is 1.67. The van der Waals surface area contributed by atoms with Crippen molar-refractivity contribution in [2.75, 3.05) is 6.54 Å². The molecule has 1 rings (SSSR count). The van der Waals surface area contributed by atoms with Gasteiger partial charge in [0.2, 0.25) is 0 Å². The molecule has 0 fully saturated rings. The zero-order valence-corrected chi connectivity index (χ0v) is 9.46. The Labute approximate surface area is 95.4 Å². The van der Waals surface area contributed by atoms with Gasteiger partial charge in [-0.25, -0.2) is 0 Å². The van der Waals surface area contributed by atoms with Crippen LogP contribution in [-0.2, 0) is 0 Å². The topological polar surface area (TPSA) is 43.1 Å². The van der Waals surface area contributed by atoms with Gasteiger partial charge in [0.15, 0.2) is 5.78 Å². The van der Waals surface area contributed by atoms with E-state index in [-0.39, 0.29) is 5.78 Å². The lowest BCUT2D eigenvalue weighted by Crippen LogP contribution is -2.01. The highest BCUT2D eigenvalue weighted by Gasteiger charge is 2.08. The van der Waals surface area contributed by atoms with Crippen molar-refractivity contribution >= 4 is 17.4 Å². The first kappa shape index (κ1) is 12.2. The van der Waals surface area contributed by atoms with Gasteiger partial charge in [-0.3, -0.25) is 4.79 Å². The first-order valence-corrected chi connectivity index (χ1v) is 5.61. The zero-order valence-electron chi connectivity index (χ0n) is 8.71. The number of halogens is 1. The number of ketones is 1. The quantitative estimate of drug-likeness (QED) is 0.597. The SMILES string of the molecule is NCCCCCC(=O)c1ccccc1Cl. The van der Waals surface area contributed by atoms with Crippen LogP contribution in [0.3, 0.4) is 0 Å². The molecule has 0 aliphatic rings. The maximum atomic E-state index is 11.7. The Morgan fingerprint density at radius 2 is 1.93 bits per heavy atom. The first-order valence-electron chi connectivity index (χ1n) is 5.23. The van der Waals surface area contributed by atoms with Crippen LogP contribution in [0, 0.1) is 0 Å². The Kier molecular flexibility index (Phi) is 5.37. The summed E-state index contributed by atoms with van der Waals surface area (Å²) in [5, 5.41) is 0.543. The molecular formula is C12H16ClNO. The Balaban J connectivity index is 2.44. The summed E-state index contributed by atoms with van der Waals surface area (Å²) < 4.78 is 0. The highest BCUT2D eigenvalue weighted by Crippen LogP contribution is 2.17. The standard InChI is InChI=1S/C12H16ClNO/c13-11-7-4-3-6-10(11)12(15)8-2-1-5-9-14/h3-4,6-7H,1-2,5,8-9,14H2. The average Bonchev–Trinajstić information content (AvgIpc) is 2.25. The van der Waals surface area contributed by atoms with Crippen molar-refractivity contribution in [3.8, 4) is 0 Å². The second-order valence-electron chi connectivity index (χ2n) is 3.50. The van der Waals surface area contributed by atoms with E-state index in [4.69, 9.17) is 17.3 Å². The van der Waals surface area contributed by atoms with Crippen molar-refractivity contribution in [2.24, 2.45) is 5.73 Å². The van der Waals surface area contributed by atoms with E-state index < -0.39 is 0 Å². The molecule has 0 aromatic heterocycles. The molecule has 0 saturated carbocycles. The second-order valence-corrected chi connectivity index (χ2v) is 3.91. The number of carbonyl (C=O) groups excluding carboxylic acids is 1. The number of benzene rings is 1. The van der Waals surface area contributed by atoms with E-state index in [0.717, 1.165) is 19.3 Å². The molecule has 0 heterocycles. The van der Waals surface area contributed by atoms with Crippen LogP contribution in [0.1, 0.15) is 36.0 Å². The first-order chi connectivity index (χ1) is 7.25. The molecule has 0 atom stereocenters. The fourth-order valence-electron chi connectivity index (χ4n) is 1.43. The van der Waals surface area contributed by atoms with Gasteiger partial charge in [0.25, 0.3) is 0 Å². The monoisotopic (exact) mass is 225 g/mol. The summed E-state index contributed by atoms with van der Waals surface area (Å²) in [5.41, 5.74) is 6.01. The predicted octanol–water partition coefficient (Wildman–Crippen LogP) is 3.04. The summed E-state index contributed by atoms with van der Waals surface area (Å²) >= 11 is 5.92. The summed E-state index contributed by atoms with van der Waals surface area (Å²) in [7, 11) is 0. The molecule has 0 radical (unpaired) electrons. The van der Waals surface area contributed by atoms with Gasteiger partial charge in [-0.05, 0) is 31.5 Å². The molecular weight excluding hydrogens is 210 g/mol. The van der Waals surface area contributed by atoms with Crippen molar-refractivity contribution in [3.05, 3.63) is 34.9 Å². The van der Waals surface area contributed by atoms with Crippen LogP contribution in [0.4, 0.5) is 0 Å². The van der Waals surface area contributed by atoms with Gasteiger partial charge in [0.1, 0.15) is 0 Å². The Morgan fingerprint density at radius 3 is 2.60 bits per heavy atom. The molecule has 1 aromatic carbocycles. The molecule has 0 amide bonds.